The Morgan fingerprint density at radius 3 is 2.26 bits per heavy atom. The van der Waals surface area contributed by atoms with E-state index in [1.165, 1.54) is 0 Å². The van der Waals surface area contributed by atoms with Gasteiger partial charge in [-0.05, 0) is 19.8 Å². The molecule has 0 aromatic carbocycles. The summed E-state index contributed by atoms with van der Waals surface area (Å²) in [5.41, 5.74) is 4.66. The van der Waals surface area contributed by atoms with Gasteiger partial charge in [0.25, 0.3) is 0 Å². The molecule has 1 amide bonds. The maximum Gasteiger partial charge on any atom is 0.326 e. The summed E-state index contributed by atoms with van der Waals surface area (Å²) in [6.07, 6.45) is 1.32. The lowest BCUT2D eigenvalue weighted by atomic mass is 9.86. The van der Waals surface area contributed by atoms with Gasteiger partial charge in [0, 0.05) is 12.8 Å². The Hall–Kier alpha value is -1.15. The lowest BCUT2D eigenvalue weighted by molar-refractivity contribution is -0.143. The second kappa shape index (κ2) is 6.85. The van der Waals surface area contributed by atoms with Crippen LogP contribution in [0.15, 0.2) is 0 Å². The largest absolute Gasteiger partial charge is 0.480 e. The van der Waals surface area contributed by atoms with E-state index in [0.717, 1.165) is 6.26 Å². The number of amides is 1. The summed E-state index contributed by atoms with van der Waals surface area (Å²) in [6, 6.07) is -1.22. The summed E-state index contributed by atoms with van der Waals surface area (Å²) in [7, 11) is -3.27. The van der Waals surface area contributed by atoms with E-state index in [1.54, 1.807) is 13.8 Å². The molecule has 0 aliphatic carbocycles. The van der Waals surface area contributed by atoms with Crippen molar-refractivity contribution in [1.82, 2.24) is 5.32 Å². The van der Waals surface area contributed by atoms with Crippen molar-refractivity contribution >= 4 is 21.7 Å². The van der Waals surface area contributed by atoms with Gasteiger partial charge in [0.1, 0.15) is 15.9 Å². The Morgan fingerprint density at radius 2 is 1.95 bits per heavy atom. The number of hydrogen-bond donors (Lipinski definition) is 3. The summed E-state index contributed by atoms with van der Waals surface area (Å²) in [5, 5.41) is 11.3. The van der Waals surface area contributed by atoms with Gasteiger partial charge in [0.15, 0.2) is 0 Å². The van der Waals surface area contributed by atoms with Crippen molar-refractivity contribution in [3.8, 4) is 0 Å². The Kier molecular flexibility index (Phi) is 6.44. The fourth-order valence-corrected chi connectivity index (χ4v) is 1.98. The third-order valence-corrected chi connectivity index (χ3v) is 4.14. The molecule has 2 atom stereocenters. The van der Waals surface area contributed by atoms with Gasteiger partial charge >= 0.3 is 5.97 Å². The van der Waals surface area contributed by atoms with E-state index in [-0.39, 0.29) is 18.7 Å². The molecule has 0 aliphatic rings. The van der Waals surface area contributed by atoms with E-state index in [0.29, 0.717) is 6.42 Å². The molecule has 0 aromatic rings. The average molecular weight is 294 g/mol. The third kappa shape index (κ3) is 6.02. The molecule has 7 nitrogen and oxygen atoms in total. The fraction of sp³-hybridized carbons (Fsp3) is 0.818. The summed E-state index contributed by atoms with van der Waals surface area (Å²) in [5.74, 6) is -2.03. The van der Waals surface area contributed by atoms with Crippen LogP contribution >= 0.6 is 0 Å². The molecular weight excluding hydrogens is 272 g/mol. The molecule has 2 unspecified atom stereocenters. The molecule has 0 bridgehead atoms. The number of carboxylic acids is 1. The molecule has 0 saturated carbocycles. The van der Waals surface area contributed by atoms with Gasteiger partial charge in [0.05, 0.1) is 11.2 Å². The highest BCUT2D eigenvalue weighted by molar-refractivity contribution is 7.90. The fourth-order valence-electron chi connectivity index (χ4n) is 1.32. The predicted octanol–water partition coefficient (Wildman–Crippen LogP) is -0.634. The number of rotatable bonds is 8. The third-order valence-electron chi connectivity index (χ3n) is 3.16. The quantitative estimate of drug-likeness (QED) is 0.547. The van der Waals surface area contributed by atoms with Crippen molar-refractivity contribution in [2.75, 3.05) is 18.6 Å². The van der Waals surface area contributed by atoms with Gasteiger partial charge in [-0.2, -0.15) is 0 Å². The van der Waals surface area contributed by atoms with Gasteiger partial charge in [-0.1, -0.05) is 6.92 Å². The predicted molar refractivity (Wildman–Crippen MR) is 71.3 cm³/mol. The maximum absolute atomic E-state index is 12.0. The van der Waals surface area contributed by atoms with Crippen LogP contribution in [0.1, 0.15) is 26.7 Å². The smallest absolute Gasteiger partial charge is 0.326 e. The van der Waals surface area contributed by atoms with Gasteiger partial charge < -0.3 is 16.2 Å². The highest BCUT2D eigenvalue weighted by Gasteiger charge is 2.33. The average Bonchev–Trinajstić information content (AvgIpc) is 2.31. The Labute approximate surface area is 113 Å². The zero-order valence-corrected chi connectivity index (χ0v) is 12.3. The lowest BCUT2D eigenvalue weighted by Gasteiger charge is -2.27. The monoisotopic (exact) mass is 294 g/mol. The molecule has 0 saturated heterocycles. The lowest BCUT2D eigenvalue weighted by Crippen LogP contribution is -2.50. The van der Waals surface area contributed by atoms with E-state index in [4.69, 9.17) is 10.8 Å². The molecule has 0 fully saturated rings. The number of nitrogens with one attached hydrogen (secondary N) is 1. The summed E-state index contributed by atoms with van der Waals surface area (Å²) in [6.45, 7) is 3.50. The van der Waals surface area contributed by atoms with E-state index in [1.807, 2.05) is 0 Å². The number of nitrogens with two attached hydrogens (primary N) is 1. The molecule has 0 spiro atoms. The maximum atomic E-state index is 12.0. The SMILES string of the molecule is CCC(C)(CN)C(=O)NC(CCS(C)(=O)=O)C(=O)O. The normalized spacial score (nSPS) is 16.4. The Balaban J connectivity index is 4.77. The molecule has 8 heteroatoms. The molecule has 0 aromatic heterocycles. The van der Waals surface area contributed by atoms with Gasteiger partial charge in [-0.3, -0.25) is 4.79 Å². The van der Waals surface area contributed by atoms with Crippen LogP contribution in [0.2, 0.25) is 0 Å². The molecule has 112 valence electrons. The van der Waals surface area contributed by atoms with Gasteiger partial charge in [-0.15, -0.1) is 0 Å². The number of carbonyl (C=O) groups excluding carboxylic acids is 1. The van der Waals surface area contributed by atoms with Crippen molar-refractivity contribution in [2.24, 2.45) is 11.1 Å². The summed E-state index contributed by atoms with van der Waals surface area (Å²) >= 11 is 0. The van der Waals surface area contributed by atoms with Gasteiger partial charge in [-0.25, -0.2) is 13.2 Å². The van der Waals surface area contributed by atoms with Crippen LogP contribution in [0, 0.1) is 5.41 Å². The van der Waals surface area contributed by atoms with Crippen LogP contribution < -0.4 is 11.1 Å². The van der Waals surface area contributed by atoms with E-state index in [2.05, 4.69) is 5.32 Å². The van der Waals surface area contributed by atoms with Crippen molar-refractivity contribution in [3.05, 3.63) is 0 Å². The summed E-state index contributed by atoms with van der Waals surface area (Å²) < 4.78 is 22.1. The van der Waals surface area contributed by atoms with Crippen LogP contribution in [0.3, 0.4) is 0 Å². The number of aliphatic carboxylic acids is 1. The first-order valence-electron chi connectivity index (χ1n) is 5.97. The number of carboxylic acid groups (broad SMARTS) is 1. The first kappa shape index (κ1) is 17.8. The minimum atomic E-state index is -3.27. The first-order chi connectivity index (χ1) is 8.55. The number of hydrogen-bond acceptors (Lipinski definition) is 5. The minimum absolute atomic E-state index is 0.0910. The standard InChI is InChI=1S/C11H22N2O5S/c1-4-11(2,7-12)10(16)13-8(9(14)15)5-6-19(3,17)18/h8H,4-7,12H2,1-3H3,(H,13,16)(H,14,15). The number of sulfone groups is 1. The minimum Gasteiger partial charge on any atom is -0.480 e. The first-order valence-corrected chi connectivity index (χ1v) is 8.03. The highest BCUT2D eigenvalue weighted by atomic mass is 32.2. The topological polar surface area (TPSA) is 127 Å². The molecular formula is C11H22N2O5S. The Morgan fingerprint density at radius 1 is 1.42 bits per heavy atom. The molecule has 0 aliphatic heterocycles. The van der Waals surface area contributed by atoms with Crippen molar-refractivity contribution in [2.45, 2.75) is 32.7 Å². The van der Waals surface area contributed by atoms with Crippen molar-refractivity contribution < 1.29 is 23.1 Å². The molecule has 0 heterocycles. The molecule has 0 rings (SSSR count). The molecule has 0 radical (unpaired) electrons. The van der Waals surface area contributed by atoms with E-state index in [9.17, 15) is 18.0 Å². The van der Waals surface area contributed by atoms with Crippen molar-refractivity contribution in [3.63, 3.8) is 0 Å². The Bertz CT molecular complexity index is 428. The molecule has 19 heavy (non-hydrogen) atoms. The zero-order valence-electron chi connectivity index (χ0n) is 11.5. The van der Waals surface area contributed by atoms with E-state index >= 15 is 0 Å². The highest BCUT2D eigenvalue weighted by Crippen LogP contribution is 2.19. The van der Waals surface area contributed by atoms with Crippen LogP contribution in [0.25, 0.3) is 0 Å². The van der Waals surface area contributed by atoms with Crippen LogP contribution in [-0.2, 0) is 19.4 Å². The summed E-state index contributed by atoms with van der Waals surface area (Å²) in [4.78, 5) is 23.0. The van der Waals surface area contributed by atoms with Crippen molar-refractivity contribution in [1.29, 1.82) is 0 Å². The van der Waals surface area contributed by atoms with Crippen LogP contribution in [0.5, 0.6) is 0 Å². The second-order valence-electron chi connectivity index (χ2n) is 4.90. The van der Waals surface area contributed by atoms with Crippen LogP contribution in [0.4, 0.5) is 0 Å². The number of carbonyl (C=O) groups is 2. The van der Waals surface area contributed by atoms with E-state index < -0.39 is 33.2 Å². The van der Waals surface area contributed by atoms with Crippen LogP contribution in [-0.4, -0.2) is 50.0 Å². The molecule has 4 N–H and O–H groups in total. The second-order valence-corrected chi connectivity index (χ2v) is 7.16. The van der Waals surface area contributed by atoms with Gasteiger partial charge in [0.2, 0.25) is 5.91 Å². The zero-order chi connectivity index (χ0) is 15.3.